The van der Waals surface area contributed by atoms with Crippen LogP contribution < -0.4 is 10.6 Å². The monoisotopic (exact) mass is 555 g/mol. The number of carbonyl (C=O) groups excluding carboxylic acids is 2. The Bertz CT molecular complexity index is 1240. The number of carbonyl (C=O) groups is 2. The average Bonchev–Trinajstić information content (AvgIpc) is 3.36. The van der Waals surface area contributed by atoms with Crippen molar-refractivity contribution in [3.63, 3.8) is 0 Å². The van der Waals surface area contributed by atoms with Crippen LogP contribution in [0.15, 0.2) is 60.0 Å². The highest BCUT2D eigenvalue weighted by Gasteiger charge is 2.38. The van der Waals surface area contributed by atoms with Crippen molar-refractivity contribution in [1.29, 1.82) is 0 Å². The zero-order valence-corrected chi connectivity index (χ0v) is 22.9. The second kappa shape index (κ2) is 13.6. The van der Waals surface area contributed by atoms with Gasteiger partial charge in [-0.25, -0.2) is 4.79 Å². The molecule has 0 radical (unpaired) electrons. The van der Waals surface area contributed by atoms with Crippen LogP contribution in [0.5, 0.6) is 0 Å². The molecule has 1 aromatic heterocycles. The van der Waals surface area contributed by atoms with Crippen molar-refractivity contribution in [2.75, 3.05) is 24.2 Å². The van der Waals surface area contributed by atoms with Crippen LogP contribution in [0, 0.1) is 5.92 Å². The molecule has 4 rings (SSSR count). The standard InChI is InChI=1S/C27H33N5O6S/c1-4-36-23(34)13-28-26(35)30-21-11-9-20(10-12-21)25-37-22(15-39-27-31-29-16-32(27)3)17(2)24(38-25)19-7-5-18(14-33)6-8-19/h5-12,16-17,22,24-25,33H,4,13-15H2,1-3H3,(H2,28,30,35)/t17-,22+,24+,25+/m1/s1. The van der Waals surface area contributed by atoms with Crippen LogP contribution in [-0.4, -0.2) is 56.9 Å². The zero-order valence-electron chi connectivity index (χ0n) is 22.1. The van der Waals surface area contributed by atoms with Gasteiger partial charge in [0.1, 0.15) is 12.9 Å². The van der Waals surface area contributed by atoms with Gasteiger partial charge in [0, 0.05) is 30.0 Å². The lowest BCUT2D eigenvalue weighted by Crippen LogP contribution is -2.38. The molecule has 0 spiro atoms. The van der Waals surface area contributed by atoms with Crippen LogP contribution in [-0.2, 0) is 32.7 Å². The third-order valence-corrected chi connectivity index (χ3v) is 7.43. The molecule has 3 N–H and O–H groups in total. The number of hydrogen-bond acceptors (Lipinski definition) is 9. The second-order valence-corrected chi connectivity index (χ2v) is 10.1. The first kappa shape index (κ1) is 28.6. The number of urea groups is 1. The summed E-state index contributed by atoms with van der Waals surface area (Å²) in [6, 6.07) is 14.4. The molecule has 1 saturated heterocycles. The first-order valence-corrected chi connectivity index (χ1v) is 13.6. The fraction of sp³-hybridized carbons (Fsp3) is 0.407. The number of benzene rings is 2. The number of thioether (sulfide) groups is 1. The highest BCUT2D eigenvalue weighted by molar-refractivity contribution is 7.99. The van der Waals surface area contributed by atoms with Gasteiger partial charge in [0.05, 0.1) is 25.4 Å². The lowest BCUT2D eigenvalue weighted by Gasteiger charge is -2.41. The topological polar surface area (TPSA) is 137 Å². The lowest BCUT2D eigenvalue weighted by molar-refractivity contribution is -0.268. The number of aryl methyl sites for hydroxylation is 1. The quantitative estimate of drug-likeness (QED) is 0.253. The highest BCUT2D eigenvalue weighted by atomic mass is 32.2. The van der Waals surface area contributed by atoms with Gasteiger partial charge in [0.2, 0.25) is 0 Å². The molecule has 0 aliphatic carbocycles. The number of esters is 1. The van der Waals surface area contributed by atoms with Crippen molar-refractivity contribution in [2.45, 2.75) is 44.1 Å². The first-order chi connectivity index (χ1) is 18.9. The number of hydrogen-bond donors (Lipinski definition) is 3. The van der Waals surface area contributed by atoms with E-state index in [2.05, 4.69) is 27.8 Å². The zero-order chi connectivity index (χ0) is 27.8. The average molecular weight is 556 g/mol. The van der Waals surface area contributed by atoms with Gasteiger partial charge in [-0.3, -0.25) is 4.79 Å². The van der Waals surface area contributed by atoms with Crippen molar-refractivity contribution in [2.24, 2.45) is 13.0 Å². The second-order valence-electron chi connectivity index (χ2n) is 9.09. The van der Waals surface area contributed by atoms with Crippen LogP contribution in [0.25, 0.3) is 0 Å². The summed E-state index contributed by atoms with van der Waals surface area (Å²) in [4.78, 5) is 23.6. The minimum absolute atomic E-state index is 0.0225. The third kappa shape index (κ3) is 7.57. The molecule has 1 aliphatic heterocycles. The number of aliphatic hydroxyl groups is 1. The fourth-order valence-corrected chi connectivity index (χ4v) is 5.18. The number of nitrogens with zero attached hydrogens (tertiary/aromatic N) is 3. The summed E-state index contributed by atoms with van der Waals surface area (Å²) in [6.07, 6.45) is 0.630. The van der Waals surface area contributed by atoms with Gasteiger partial charge in [0.25, 0.3) is 0 Å². The van der Waals surface area contributed by atoms with E-state index in [9.17, 15) is 14.7 Å². The summed E-state index contributed by atoms with van der Waals surface area (Å²) in [5.41, 5.74) is 3.18. The predicted octanol–water partition coefficient (Wildman–Crippen LogP) is 3.58. The third-order valence-electron chi connectivity index (χ3n) is 6.31. The van der Waals surface area contributed by atoms with Crippen LogP contribution in [0.2, 0.25) is 0 Å². The van der Waals surface area contributed by atoms with Gasteiger partial charge in [0.15, 0.2) is 11.4 Å². The van der Waals surface area contributed by atoms with Crippen molar-refractivity contribution in [3.8, 4) is 0 Å². The van der Waals surface area contributed by atoms with Gasteiger partial charge in [-0.15, -0.1) is 10.2 Å². The maximum atomic E-state index is 12.1. The SMILES string of the molecule is CCOC(=O)CNC(=O)Nc1ccc([C@H]2O[C@@H](CSc3nncn3C)[C@@H](C)[C@@H](c3ccc(CO)cc3)O2)cc1. The van der Waals surface area contributed by atoms with E-state index in [1.54, 1.807) is 37.1 Å². The Morgan fingerprint density at radius 1 is 1.10 bits per heavy atom. The van der Waals surface area contributed by atoms with Crippen LogP contribution in [0.3, 0.4) is 0 Å². The molecule has 11 nitrogen and oxygen atoms in total. The van der Waals surface area contributed by atoms with Crippen LogP contribution in [0.1, 0.15) is 42.9 Å². The molecule has 2 heterocycles. The summed E-state index contributed by atoms with van der Waals surface area (Å²) in [5, 5.41) is 23.5. The Labute approximate surface area is 231 Å². The number of ether oxygens (including phenoxy) is 3. The van der Waals surface area contributed by atoms with E-state index in [0.29, 0.717) is 11.4 Å². The smallest absolute Gasteiger partial charge is 0.325 e. The van der Waals surface area contributed by atoms with E-state index in [-0.39, 0.29) is 37.9 Å². The van der Waals surface area contributed by atoms with E-state index in [1.807, 2.05) is 48.0 Å². The summed E-state index contributed by atoms with van der Waals surface area (Å²) in [6.45, 7) is 3.82. The molecule has 4 atom stereocenters. The van der Waals surface area contributed by atoms with E-state index in [1.165, 1.54) is 0 Å². The van der Waals surface area contributed by atoms with Gasteiger partial charge in [-0.1, -0.05) is 55.1 Å². The number of anilines is 1. The normalized spacial score (nSPS) is 20.8. The van der Waals surface area contributed by atoms with E-state index >= 15 is 0 Å². The van der Waals surface area contributed by atoms with Gasteiger partial charge in [-0.05, 0) is 30.2 Å². The summed E-state index contributed by atoms with van der Waals surface area (Å²) in [7, 11) is 1.90. The van der Waals surface area contributed by atoms with Gasteiger partial charge in [-0.2, -0.15) is 0 Å². The Morgan fingerprint density at radius 2 is 1.82 bits per heavy atom. The fourth-order valence-electron chi connectivity index (χ4n) is 4.13. The maximum Gasteiger partial charge on any atom is 0.325 e. The molecule has 1 aliphatic rings. The molecule has 2 amide bonds. The number of nitrogens with one attached hydrogen (secondary N) is 2. The van der Waals surface area contributed by atoms with Crippen molar-refractivity contribution >= 4 is 29.4 Å². The summed E-state index contributed by atoms with van der Waals surface area (Å²) < 4.78 is 19.6. The Morgan fingerprint density at radius 3 is 2.46 bits per heavy atom. The van der Waals surface area contributed by atoms with E-state index in [0.717, 1.165) is 21.8 Å². The minimum atomic E-state index is -0.638. The van der Waals surface area contributed by atoms with Crippen molar-refractivity contribution in [1.82, 2.24) is 20.1 Å². The number of aliphatic hydroxyl groups excluding tert-OH is 1. The molecule has 3 aromatic rings. The Balaban J connectivity index is 1.47. The Hall–Kier alpha value is -3.45. The molecule has 0 saturated carbocycles. The highest BCUT2D eigenvalue weighted by Crippen LogP contribution is 2.43. The van der Waals surface area contributed by atoms with E-state index < -0.39 is 18.3 Å². The molecular weight excluding hydrogens is 522 g/mol. The molecule has 12 heteroatoms. The molecular formula is C27H33N5O6S. The maximum absolute atomic E-state index is 12.1. The molecule has 39 heavy (non-hydrogen) atoms. The largest absolute Gasteiger partial charge is 0.465 e. The number of rotatable bonds is 10. The van der Waals surface area contributed by atoms with Crippen LogP contribution in [0.4, 0.5) is 10.5 Å². The molecule has 208 valence electrons. The Kier molecular flexibility index (Phi) is 9.93. The predicted molar refractivity (Wildman–Crippen MR) is 145 cm³/mol. The van der Waals surface area contributed by atoms with Crippen molar-refractivity contribution in [3.05, 3.63) is 71.5 Å². The number of aromatic nitrogens is 3. The molecule has 0 bridgehead atoms. The summed E-state index contributed by atoms with van der Waals surface area (Å²) >= 11 is 1.57. The lowest BCUT2D eigenvalue weighted by atomic mass is 9.91. The van der Waals surface area contributed by atoms with Gasteiger partial charge < -0.3 is 34.5 Å². The first-order valence-electron chi connectivity index (χ1n) is 12.7. The van der Waals surface area contributed by atoms with E-state index in [4.69, 9.17) is 14.2 Å². The van der Waals surface area contributed by atoms with Gasteiger partial charge >= 0.3 is 12.0 Å². The minimum Gasteiger partial charge on any atom is -0.465 e. The molecule has 1 fully saturated rings. The van der Waals surface area contributed by atoms with Crippen molar-refractivity contribution < 1.29 is 28.9 Å². The molecule has 0 unspecified atom stereocenters. The van der Waals surface area contributed by atoms with Crippen LogP contribution >= 0.6 is 11.8 Å². The molecule has 2 aromatic carbocycles. The number of amides is 2. The summed E-state index contributed by atoms with van der Waals surface area (Å²) in [5.74, 6) is 0.182.